The van der Waals surface area contributed by atoms with Crippen LogP contribution >= 0.6 is 0 Å². The maximum absolute atomic E-state index is 11.2. The van der Waals surface area contributed by atoms with Crippen LogP contribution in [0.15, 0.2) is 29.2 Å². The van der Waals surface area contributed by atoms with E-state index >= 15 is 0 Å². The number of hydrogen-bond acceptors (Lipinski definition) is 1. The van der Waals surface area contributed by atoms with Crippen LogP contribution in [0.2, 0.25) is 0 Å². The van der Waals surface area contributed by atoms with Crippen molar-refractivity contribution in [1.29, 1.82) is 0 Å². The third kappa shape index (κ3) is 0.794. The van der Waals surface area contributed by atoms with Crippen LogP contribution < -0.4 is 5.56 Å². The first kappa shape index (κ1) is 7.16. The summed E-state index contributed by atoms with van der Waals surface area (Å²) in [6.07, 6.45) is 1.93. The van der Waals surface area contributed by atoms with Gasteiger partial charge in [0.05, 0.1) is 11.4 Å². The normalized spacial score (nSPS) is 10.8. The minimum atomic E-state index is 0.0480. The lowest BCUT2D eigenvalue weighted by molar-refractivity contribution is 0.867. The number of rotatable bonds is 0. The van der Waals surface area contributed by atoms with Crippen LogP contribution in [0.25, 0.3) is 11.4 Å². The standard InChI is InChI=1S/C9H10N2O/c1-10-5-3-4-7-8(10)6-9(12)11(7)2/h3-6H,1-2H3. The fourth-order valence-electron chi connectivity index (χ4n) is 1.40. The molecule has 0 radical (unpaired) electrons. The Labute approximate surface area is 70.2 Å². The highest BCUT2D eigenvalue weighted by Crippen LogP contribution is 2.17. The quantitative estimate of drug-likeness (QED) is 0.563. The summed E-state index contributed by atoms with van der Waals surface area (Å²) in [5, 5.41) is 0. The minimum Gasteiger partial charge on any atom is -0.349 e. The summed E-state index contributed by atoms with van der Waals surface area (Å²) < 4.78 is 3.59. The summed E-state index contributed by atoms with van der Waals surface area (Å²) in [6, 6.07) is 5.52. The van der Waals surface area contributed by atoms with E-state index in [9.17, 15) is 4.79 Å². The van der Waals surface area contributed by atoms with Gasteiger partial charge in [0.2, 0.25) is 0 Å². The van der Waals surface area contributed by atoms with Crippen LogP contribution in [-0.4, -0.2) is 9.13 Å². The molecule has 2 rings (SSSR count). The largest absolute Gasteiger partial charge is 0.349 e. The Balaban J connectivity index is 2.92. The molecule has 0 aromatic heterocycles. The van der Waals surface area contributed by atoms with E-state index in [0.29, 0.717) is 0 Å². The zero-order valence-corrected chi connectivity index (χ0v) is 7.11. The molecular formula is C9H10N2O. The second kappa shape index (κ2) is 2.24. The van der Waals surface area contributed by atoms with Gasteiger partial charge in [0.1, 0.15) is 0 Å². The lowest BCUT2D eigenvalue weighted by atomic mass is 10.3. The van der Waals surface area contributed by atoms with E-state index in [0.717, 1.165) is 11.4 Å². The second-order valence-corrected chi connectivity index (χ2v) is 2.93. The van der Waals surface area contributed by atoms with Gasteiger partial charge in [-0.25, -0.2) is 0 Å². The summed E-state index contributed by atoms with van der Waals surface area (Å²) >= 11 is 0. The maximum Gasteiger partial charge on any atom is 0.252 e. The molecule has 0 fully saturated rings. The molecule has 0 aromatic rings. The highest BCUT2D eigenvalue weighted by molar-refractivity contribution is 5.57. The lowest BCUT2D eigenvalue weighted by Gasteiger charge is -2.06. The van der Waals surface area contributed by atoms with E-state index in [-0.39, 0.29) is 5.56 Å². The highest BCUT2D eigenvalue weighted by Gasteiger charge is 2.09. The van der Waals surface area contributed by atoms with Crippen molar-refractivity contribution >= 4 is 0 Å². The van der Waals surface area contributed by atoms with Crippen LogP contribution in [-0.2, 0) is 14.1 Å². The molecule has 0 aliphatic carbocycles. The van der Waals surface area contributed by atoms with Crippen molar-refractivity contribution in [2.45, 2.75) is 0 Å². The molecule has 0 aromatic carbocycles. The number of hydrogen-bond donors (Lipinski definition) is 0. The molecule has 0 bridgehead atoms. The zero-order chi connectivity index (χ0) is 8.72. The number of fused-ring (bicyclic) bond motifs is 1. The van der Waals surface area contributed by atoms with Crippen molar-refractivity contribution in [2.24, 2.45) is 14.1 Å². The molecule has 0 spiro atoms. The fourth-order valence-corrected chi connectivity index (χ4v) is 1.40. The average molecular weight is 162 g/mol. The summed E-state index contributed by atoms with van der Waals surface area (Å²) in [5.41, 5.74) is 2.00. The molecule has 2 aliphatic rings. The number of pyridine rings is 1. The molecule has 62 valence electrons. The Bertz CT molecular complexity index is 439. The first-order valence-electron chi connectivity index (χ1n) is 3.81. The van der Waals surface area contributed by atoms with Gasteiger partial charge >= 0.3 is 0 Å². The fraction of sp³-hybridized carbons (Fsp3) is 0.222. The van der Waals surface area contributed by atoms with E-state index < -0.39 is 0 Å². The topological polar surface area (TPSA) is 26.9 Å². The zero-order valence-electron chi connectivity index (χ0n) is 7.11. The average Bonchev–Trinajstić information content (AvgIpc) is 2.32. The van der Waals surface area contributed by atoms with Crippen molar-refractivity contribution in [3.63, 3.8) is 0 Å². The number of nitrogens with zero attached hydrogens (tertiary/aromatic N) is 2. The first-order chi connectivity index (χ1) is 5.70. The van der Waals surface area contributed by atoms with Gasteiger partial charge in [-0.1, -0.05) is 0 Å². The molecule has 3 nitrogen and oxygen atoms in total. The molecule has 2 aliphatic heterocycles. The maximum atomic E-state index is 11.2. The van der Waals surface area contributed by atoms with Gasteiger partial charge in [0, 0.05) is 26.4 Å². The number of aromatic nitrogens is 2. The summed E-state index contributed by atoms with van der Waals surface area (Å²) in [4.78, 5) is 11.2. The van der Waals surface area contributed by atoms with Crippen LogP contribution in [0.3, 0.4) is 0 Å². The number of aryl methyl sites for hydroxylation is 1. The second-order valence-electron chi connectivity index (χ2n) is 2.93. The molecular weight excluding hydrogens is 152 g/mol. The Kier molecular flexibility index (Phi) is 1.33. The van der Waals surface area contributed by atoms with Gasteiger partial charge in [-0.3, -0.25) is 4.79 Å². The highest BCUT2D eigenvalue weighted by atomic mass is 16.1. The smallest absolute Gasteiger partial charge is 0.252 e. The van der Waals surface area contributed by atoms with Gasteiger partial charge in [-0.05, 0) is 12.1 Å². The molecule has 0 saturated heterocycles. The molecule has 12 heavy (non-hydrogen) atoms. The van der Waals surface area contributed by atoms with Crippen molar-refractivity contribution in [3.8, 4) is 11.4 Å². The molecule has 0 amide bonds. The third-order valence-electron chi connectivity index (χ3n) is 2.16. The molecule has 0 N–H and O–H groups in total. The van der Waals surface area contributed by atoms with Gasteiger partial charge in [0.15, 0.2) is 0 Å². The first-order valence-corrected chi connectivity index (χ1v) is 3.81. The van der Waals surface area contributed by atoms with Crippen LogP contribution in [0.1, 0.15) is 0 Å². The van der Waals surface area contributed by atoms with E-state index in [4.69, 9.17) is 0 Å². The Morgan fingerprint density at radius 2 is 2.00 bits per heavy atom. The Morgan fingerprint density at radius 1 is 1.25 bits per heavy atom. The predicted molar refractivity (Wildman–Crippen MR) is 47.3 cm³/mol. The lowest BCUT2D eigenvalue weighted by Crippen LogP contribution is -2.08. The van der Waals surface area contributed by atoms with Gasteiger partial charge in [-0.15, -0.1) is 0 Å². The minimum absolute atomic E-state index is 0.0480. The molecule has 2 heterocycles. The summed E-state index contributed by atoms with van der Waals surface area (Å²) in [7, 11) is 3.71. The van der Waals surface area contributed by atoms with Crippen molar-refractivity contribution in [1.82, 2.24) is 9.13 Å². The molecule has 0 unspecified atom stereocenters. The van der Waals surface area contributed by atoms with Crippen LogP contribution in [0.4, 0.5) is 0 Å². The van der Waals surface area contributed by atoms with Crippen LogP contribution in [0.5, 0.6) is 0 Å². The van der Waals surface area contributed by atoms with Crippen molar-refractivity contribution < 1.29 is 0 Å². The summed E-state index contributed by atoms with van der Waals surface area (Å²) in [6.45, 7) is 0. The van der Waals surface area contributed by atoms with E-state index in [2.05, 4.69) is 0 Å². The summed E-state index contributed by atoms with van der Waals surface area (Å²) in [5.74, 6) is 0. The van der Waals surface area contributed by atoms with E-state index in [1.165, 1.54) is 0 Å². The van der Waals surface area contributed by atoms with Crippen molar-refractivity contribution in [3.05, 3.63) is 34.7 Å². The monoisotopic (exact) mass is 162 g/mol. The van der Waals surface area contributed by atoms with E-state index in [1.54, 1.807) is 17.7 Å². The van der Waals surface area contributed by atoms with Gasteiger partial charge in [-0.2, -0.15) is 0 Å². The van der Waals surface area contributed by atoms with Gasteiger partial charge in [0.25, 0.3) is 5.56 Å². The molecule has 0 saturated carbocycles. The Morgan fingerprint density at radius 3 is 2.67 bits per heavy atom. The molecule has 3 heteroatoms. The van der Waals surface area contributed by atoms with Crippen molar-refractivity contribution in [2.75, 3.05) is 0 Å². The van der Waals surface area contributed by atoms with E-state index in [1.807, 2.05) is 29.9 Å². The van der Waals surface area contributed by atoms with Crippen LogP contribution in [0, 0.1) is 0 Å². The molecule has 0 atom stereocenters. The Hall–Kier alpha value is -1.51. The third-order valence-corrected chi connectivity index (χ3v) is 2.16. The predicted octanol–water partition coefficient (Wildman–Crippen LogP) is 0.829. The van der Waals surface area contributed by atoms with Gasteiger partial charge < -0.3 is 9.13 Å². The SMILES string of the molecule is Cn1cccc2n(C)c(=O)cc1-2.